The summed E-state index contributed by atoms with van der Waals surface area (Å²) in [5.41, 5.74) is 25.6. The van der Waals surface area contributed by atoms with Crippen molar-refractivity contribution < 1.29 is 13.2 Å². The van der Waals surface area contributed by atoms with Crippen molar-refractivity contribution in [3.8, 4) is 78.1 Å². The normalized spacial score (nSPS) is 11.8. The molecule has 404 valence electrons. The largest absolute Gasteiger partial charge is 0.417 e. The maximum absolute atomic E-state index is 15.2. The lowest BCUT2D eigenvalue weighted by Gasteiger charge is -2.20. The topological polar surface area (TPSA) is 14.2 Å². The van der Waals surface area contributed by atoms with E-state index in [-0.39, 0.29) is 5.56 Å². The highest BCUT2D eigenvalue weighted by molar-refractivity contribution is 6.14. The second kappa shape index (κ2) is 20.1. The van der Waals surface area contributed by atoms with E-state index in [0.29, 0.717) is 27.9 Å². The molecular weight excluding hydrogens is 1020 g/mol. The van der Waals surface area contributed by atoms with Gasteiger partial charge in [0.05, 0.1) is 39.9 Å². The highest BCUT2D eigenvalue weighted by Gasteiger charge is 2.35. The van der Waals surface area contributed by atoms with Crippen LogP contribution in [0.2, 0.25) is 0 Å². The van der Waals surface area contributed by atoms with E-state index >= 15 is 13.2 Å². The summed E-state index contributed by atoms with van der Waals surface area (Å²) in [7, 11) is 0. The van der Waals surface area contributed by atoms with Crippen LogP contribution in [-0.2, 0) is 6.18 Å². The predicted octanol–water partition coefficient (Wildman–Crippen LogP) is 22.2. The summed E-state index contributed by atoms with van der Waals surface area (Å²) in [6.07, 6.45) is -4.62. The smallest absolute Gasteiger partial charge is 0.309 e. The first-order valence-electron chi connectivity index (χ1n) is 28.2. The van der Waals surface area contributed by atoms with Crippen molar-refractivity contribution in [2.45, 2.75) is 68.5 Å². The Labute approximate surface area is 483 Å². The molecule has 0 aliphatic heterocycles. The number of halogens is 3. The van der Waals surface area contributed by atoms with Crippen LogP contribution in [0.25, 0.3) is 127 Å². The van der Waals surface area contributed by atoms with Gasteiger partial charge in [-0.3, -0.25) is 0 Å². The van der Waals surface area contributed by atoms with Gasteiger partial charge in [0.15, 0.2) is 5.69 Å². The van der Waals surface area contributed by atoms with Crippen LogP contribution in [0.15, 0.2) is 200 Å². The third-order valence-electron chi connectivity index (χ3n) is 16.5. The summed E-state index contributed by atoms with van der Waals surface area (Å²) in [4.78, 5) is 4.21. The van der Waals surface area contributed by atoms with Gasteiger partial charge in [0.1, 0.15) is 0 Å². The number of nitrogens with zero attached hydrogens (tertiary/aromatic N) is 3. The number of benzene rings is 11. The van der Waals surface area contributed by atoms with E-state index < -0.39 is 11.7 Å². The van der Waals surface area contributed by atoms with Gasteiger partial charge in [-0.2, -0.15) is 13.2 Å². The van der Waals surface area contributed by atoms with Crippen LogP contribution in [0, 0.1) is 68.9 Å². The number of hydrogen-bond donors (Lipinski definition) is 0. The van der Waals surface area contributed by atoms with E-state index in [2.05, 4.69) is 221 Å². The van der Waals surface area contributed by atoms with Crippen molar-refractivity contribution in [2.24, 2.45) is 0 Å². The fourth-order valence-corrected chi connectivity index (χ4v) is 13.2. The lowest BCUT2D eigenvalue weighted by molar-refractivity contribution is -0.137. The molecule has 0 N–H and O–H groups in total. The molecule has 0 radical (unpaired) electrons. The first kappa shape index (κ1) is 52.7. The quantitative estimate of drug-likeness (QED) is 0.135. The third kappa shape index (κ3) is 9.46. The van der Waals surface area contributed by atoms with Gasteiger partial charge in [0.25, 0.3) is 0 Å². The summed E-state index contributed by atoms with van der Waals surface area (Å²) in [5.74, 6) is 0. The maximum atomic E-state index is 15.2. The minimum atomic E-state index is -4.62. The monoisotopic (exact) mass is 1080 g/mol. The van der Waals surface area contributed by atoms with Gasteiger partial charge in [-0.1, -0.05) is 166 Å². The number of rotatable bonds is 8. The van der Waals surface area contributed by atoms with Crippen LogP contribution in [0.1, 0.15) is 55.6 Å². The lowest BCUT2D eigenvalue weighted by atomic mass is 9.91. The van der Waals surface area contributed by atoms with E-state index in [0.717, 1.165) is 106 Å². The third-order valence-corrected chi connectivity index (χ3v) is 16.5. The Hall–Kier alpha value is -9.70. The van der Waals surface area contributed by atoms with E-state index in [1.54, 1.807) is 13.0 Å². The zero-order valence-corrected chi connectivity index (χ0v) is 48.0. The van der Waals surface area contributed by atoms with Gasteiger partial charge in [0, 0.05) is 27.2 Å². The average molecular weight is 1080 g/mol. The Morgan fingerprint density at radius 1 is 0.337 bits per heavy atom. The minimum Gasteiger partial charge on any atom is -0.309 e. The van der Waals surface area contributed by atoms with Crippen LogP contribution in [0.5, 0.6) is 0 Å². The molecule has 13 aromatic rings. The van der Waals surface area contributed by atoms with Gasteiger partial charge in [-0.25, -0.2) is 4.85 Å². The van der Waals surface area contributed by atoms with Crippen LogP contribution in [0.3, 0.4) is 0 Å². The summed E-state index contributed by atoms with van der Waals surface area (Å²) < 4.78 is 50.2. The Morgan fingerprint density at radius 2 is 0.711 bits per heavy atom. The molecule has 2 aromatic heterocycles. The first-order valence-corrected chi connectivity index (χ1v) is 28.2. The van der Waals surface area contributed by atoms with Crippen molar-refractivity contribution in [2.75, 3.05) is 0 Å². The van der Waals surface area contributed by atoms with E-state index in [1.165, 1.54) is 50.6 Å². The molecule has 83 heavy (non-hydrogen) atoms. The summed E-state index contributed by atoms with van der Waals surface area (Å²) in [6, 6.07) is 69.1. The molecule has 11 aromatic carbocycles. The van der Waals surface area contributed by atoms with Crippen LogP contribution in [-0.4, -0.2) is 9.13 Å². The molecule has 2 heterocycles. The van der Waals surface area contributed by atoms with E-state index in [4.69, 9.17) is 6.57 Å². The Morgan fingerprint density at radius 3 is 1.08 bits per heavy atom. The second-order valence-corrected chi connectivity index (χ2v) is 23.1. The van der Waals surface area contributed by atoms with Gasteiger partial charge in [-0.05, 0) is 214 Å². The second-order valence-electron chi connectivity index (χ2n) is 23.1. The fourth-order valence-electron chi connectivity index (χ4n) is 13.2. The highest BCUT2D eigenvalue weighted by Crippen LogP contribution is 2.47. The predicted molar refractivity (Wildman–Crippen MR) is 342 cm³/mol. The molecule has 6 heteroatoms. The Balaban J connectivity index is 1.10. The molecule has 0 unspecified atom stereocenters. The molecule has 0 aliphatic carbocycles. The van der Waals surface area contributed by atoms with E-state index in [9.17, 15) is 0 Å². The minimum absolute atomic E-state index is 0.105. The molecule has 0 amide bonds. The molecule has 0 aliphatic rings. The van der Waals surface area contributed by atoms with Crippen molar-refractivity contribution >= 4 is 49.3 Å². The van der Waals surface area contributed by atoms with Gasteiger partial charge in [-0.15, -0.1) is 0 Å². The summed E-state index contributed by atoms with van der Waals surface area (Å²) >= 11 is 0. The van der Waals surface area contributed by atoms with Crippen LogP contribution < -0.4 is 0 Å². The van der Waals surface area contributed by atoms with Crippen molar-refractivity contribution in [3.05, 3.63) is 267 Å². The molecular formula is C77H60F3N3. The van der Waals surface area contributed by atoms with Gasteiger partial charge >= 0.3 is 6.18 Å². The molecule has 0 fully saturated rings. The van der Waals surface area contributed by atoms with Crippen molar-refractivity contribution in [1.82, 2.24) is 9.13 Å². The molecule has 13 rings (SSSR count). The molecule has 0 spiro atoms. The highest BCUT2D eigenvalue weighted by atomic mass is 19.4. The molecule has 3 nitrogen and oxygen atoms in total. The standard InChI is InChI=1S/C77H60F3N3/c1-44-26-45(2)31-58(30-44)53-14-21-71-65(38-53)66-39-54(59-32-46(3)27-47(4)33-59)15-22-72(66)82(71)62-19-20-70(81-10)63(43-62)64-42-57(76-52(9)12-11-13-69(76)77(78,79)80)18-25-73(64)83-74-23-16-55(60-34-48(5)28-49(6)35-60)40-67(74)68-41-56(17-24-75(68)83)61-36-50(7)29-51(8)37-61/h11-43H,1-9H3. The number of fused-ring (bicyclic) bond motifs is 6. The first-order chi connectivity index (χ1) is 39.8. The number of aromatic nitrogens is 2. The number of hydrogen-bond acceptors (Lipinski definition) is 0. The maximum Gasteiger partial charge on any atom is 0.417 e. The van der Waals surface area contributed by atoms with Gasteiger partial charge in [0.2, 0.25) is 0 Å². The van der Waals surface area contributed by atoms with Crippen LogP contribution >= 0.6 is 0 Å². The summed E-state index contributed by atoms with van der Waals surface area (Å²) in [6.45, 7) is 27.6. The zero-order chi connectivity index (χ0) is 57.7. The summed E-state index contributed by atoms with van der Waals surface area (Å²) in [5, 5.41) is 4.21. The molecule has 0 bridgehead atoms. The SMILES string of the molecule is [C-]#[N+]c1ccc(-n2c3ccc(-c4cc(C)cc(C)c4)cc3c3cc(-c4cc(C)cc(C)c4)ccc32)cc1-c1cc(-c2c(C)cccc2C(F)(F)F)ccc1-n1c2ccc(-c3cc(C)cc(C)c3)cc2c2cc(-c3cc(C)cc(C)c3)ccc21. The van der Waals surface area contributed by atoms with Crippen molar-refractivity contribution in [1.29, 1.82) is 0 Å². The molecule has 0 atom stereocenters. The number of alkyl halides is 3. The fraction of sp³-hybridized carbons (Fsp3) is 0.130. The lowest BCUT2D eigenvalue weighted by Crippen LogP contribution is -2.08. The molecule has 0 saturated carbocycles. The Kier molecular flexibility index (Phi) is 12.7. The van der Waals surface area contributed by atoms with Gasteiger partial charge < -0.3 is 9.13 Å². The Bertz CT molecular complexity index is 4600. The van der Waals surface area contributed by atoms with E-state index in [1.807, 2.05) is 30.3 Å². The zero-order valence-electron chi connectivity index (χ0n) is 48.0. The average Bonchev–Trinajstić information content (AvgIpc) is 4.20. The molecule has 0 saturated heterocycles. The van der Waals surface area contributed by atoms with Crippen molar-refractivity contribution in [3.63, 3.8) is 0 Å². The van der Waals surface area contributed by atoms with Crippen LogP contribution in [0.4, 0.5) is 18.9 Å². The number of aryl methyl sites for hydroxylation is 9.